The van der Waals surface area contributed by atoms with E-state index in [1.165, 1.54) is 17.7 Å². The van der Waals surface area contributed by atoms with Gasteiger partial charge < -0.3 is 16.9 Å². The highest BCUT2D eigenvalue weighted by atomic mass is 35.5. The third kappa shape index (κ3) is 8.77. The summed E-state index contributed by atoms with van der Waals surface area (Å²) in [6.07, 6.45) is 0. The first-order valence-electron chi connectivity index (χ1n) is 7.03. The van der Waals surface area contributed by atoms with Crippen molar-refractivity contribution in [3.63, 3.8) is 0 Å². The average Bonchev–Trinajstić information content (AvgIpc) is 2.49. The van der Waals surface area contributed by atoms with Crippen molar-refractivity contribution in [2.75, 3.05) is 20.6 Å². The lowest BCUT2D eigenvalue weighted by atomic mass is 10.2. The monoisotopic (exact) mass is 325 g/mol. The zero-order valence-corrected chi connectivity index (χ0v) is 14.6. The summed E-state index contributed by atoms with van der Waals surface area (Å²) in [5.74, 6) is 0.612. The van der Waals surface area contributed by atoms with Crippen LogP contribution in [0, 0.1) is 0 Å². The predicted molar refractivity (Wildman–Crippen MR) is 88.8 cm³/mol. The molecule has 116 valence electrons. The molecule has 0 aliphatic heterocycles. The van der Waals surface area contributed by atoms with Crippen LogP contribution in [-0.2, 0) is 12.4 Å². The molecule has 3 heteroatoms. The minimum absolute atomic E-state index is 0. The number of hydrogen-bond acceptors (Lipinski definition) is 0. The standard InChI is InChI=1S/C11H18N.C7H7Cl.ClH/c1-4-12(2,3)10-11-8-6-5-7-9-11;8-6-7-4-2-1-3-5-7;/h5-9H,4,10H2,1-3H3;1-5H,6H2;1H/q+1;;/p-1. The summed E-state index contributed by atoms with van der Waals surface area (Å²) in [5, 5.41) is 0. The molecule has 0 aliphatic carbocycles. The van der Waals surface area contributed by atoms with Crippen molar-refractivity contribution in [3.8, 4) is 0 Å². The van der Waals surface area contributed by atoms with Gasteiger partial charge in [0.15, 0.2) is 0 Å². The second-order valence-electron chi connectivity index (χ2n) is 5.51. The van der Waals surface area contributed by atoms with Crippen LogP contribution >= 0.6 is 11.6 Å². The van der Waals surface area contributed by atoms with Gasteiger partial charge in [0.25, 0.3) is 0 Å². The van der Waals surface area contributed by atoms with Crippen LogP contribution in [0.4, 0.5) is 0 Å². The molecule has 0 atom stereocenters. The van der Waals surface area contributed by atoms with Gasteiger partial charge >= 0.3 is 0 Å². The van der Waals surface area contributed by atoms with Gasteiger partial charge in [-0.1, -0.05) is 60.7 Å². The number of halogens is 2. The molecule has 0 amide bonds. The second-order valence-corrected chi connectivity index (χ2v) is 5.78. The first-order valence-corrected chi connectivity index (χ1v) is 7.56. The number of benzene rings is 2. The van der Waals surface area contributed by atoms with Crippen molar-refractivity contribution in [1.29, 1.82) is 0 Å². The molecular weight excluding hydrogens is 301 g/mol. The van der Waals surface area contributed by atoms with E-state index in [-0.39, 0.29) is 12.4 Å². The second kappa shape index (κ2) is 10.7. The Kier molecular flexibility index (Phi) is 10.2. The van der Waals surface area contributed by atoms with Crippen LogP contribution in [0.5, 0.6) is 0 Å². The molecule has 21 heavy (non-hydrogen) atoms. The van der Waals surface area contributed by atoms with Crippen molar-refractivity contribution in [2.24, 2.45) is 0 Å². The normalized spacial score (nSPS) is 10.1. The van der Waals surface area contributed by atoms with Crippen LogP contribution in [0.15, 0.2) is 60.7 Å². The molecule has 0 bridgehead atoms. The highest BCUT2D eigenvalue weighted by Crippen LogP contribution is 2.07. The van der Waals surface area contributed by atoms with E-state index in [0.717, 1.165) is 11.0 Å². The zero-order chi connectivity index (χ0) is 14.8. The lowest BCUT2D eigenvalue weighted by Gasteiger charge is -2.28. The SMILES string of the molecule is CC[N+](C)(C)Cc1ccccc1.ClCc1ccccc1.[Cl-]. The molecular formula is C18H25Cl2N. The van der Waals surface area contributed by atoms with Crippen molar-refractivity contribution in [1.82, 2.24) is 0 Å². The Hall–Kier alpha value is -1.02. The summed E-state index contributed by atoms with van der Waals surface area (Å²) in [6, 6.07) is 20.6. The topological polar surface area (TPSA) is 0 Å². The van der Waals surface area contributed by atoms with Crippen molar-refractivity contribution < 1.29 is 16.9 Å². The summed E-state index contributed by atoms with van der Waals surface area (Å²) in [6.45, 7) is 4.52. The minimum Gasteiger partial charge on any atom is -1.00 e. The number of alkyl halides is 1. The van der Waals surface area contributed by atoms with E-state index in [9.17, 15) is 0 Å². The molecule has 0 radical (unpaired) electrons. The van der Waals surface area contributed by atoms with Crippen LogP contribution in [0.25, 0.3) is 0 Å². The van der Waals surface area contributed by atoms with Gasteiger partial charge in [-0.05, 0) is 12.5 Å². The molecule has 0 saturated carbocycles. The van der Waals surface area contributed by atoms with E-state index in [4.69, 9.17) is 11.6 Å². The van der Waals surface area contributed by atoms with Crippen LogP contribution < -0.4 is 12.4 Å². The van der Waals surface area contributed by atoms with Crippen LogP contribution in [0.3, 0.4) is 0 Å². The number of quaternary nitrogens is 1. The molecule has 0 heterocycles. The molecule has 0 unspecified atom stereocenters. The minimum atomic E-state index is 0. The Morgan fingerprint density at radius 1 is 0.810 bits per heavy atom. The fourth-order valence-electron chi connectivity index (χ4n) is 1.76. The Labute approximate surface area is 140 Å². The number of nitrogens with zero attached hydrogens (tertiary/aromatic N) is 1. The third-order valence-electron chi connectivity index (χ3n) is 3.31. The Morgan fingerprint density at radius 2 is 1.24 bits per heavy atom. The lowest BCUT2D eigenvalue weighted by molar-refractivity contribution is -0.901. The van der Waals surface area contributed by atoms with E-state index in [0.29, 0.717) is 5.88 Å². The Morgan fingerprint density at radius 3 is 1.57 bits per heavy atom. The fourth-order valence-corrected chi connectivity index (χ4v) is 1.93. The van der Waals surface area contributed by atoms with Gasteiger partial charge in [0.05, 0.1) is 20.6 Å². The largest absolute Gasteiger partial charge is 1.00 e. The van der Waals surface area contributed by atoms with E-state index in [1.807, 2.05) is 30.3 Å². The van der Waals surface area contributed by atoms with Crippen molar-refractivity contribution >= 4 is 11.6 Å². The summed E-state index contributed by atoms with van der Waals surface area (Å²) >= 11 is 5.53. The maximum atomic E-state index is 5.53. The molecule has 0 fully saturated rings. The smallest absolute Gasteiger partial charge is 0.104 e. The number of rotatable bonds is 4. The lowest BCUT2D eigenvalue weighted by Crippen LogP contribution is -3.00. The van der Waals surface area contributed by atoms with Gasteiger partial charge in [0.2, 0.25) is 0 Å². The molecule has 2 rings (SSSR count). The summed E-state index contributed by atoms with van der Waals surface area (Å²) in [4.78, 5) is 0. The molecule has 1 nitrogen and oxygen atoms in total. The van der Waals surface area contributed by atoms with Crippen LogP contribution in [0.2, 0.25) is 0 Å². The molecule has 0 aromatic heterocycles. The zero-order valence-electron chi connectivity index (χ0n) is 13.1. The van der Waals surface area contributed by atoms with Gasteiger partial charge in [-0.2, -0.15) is 0 Å². The van der Waals surface area contributed by atoms with E-state index >= 15 is 0 Å². The quantitative estimate of drug-likeness (QED) is 0.593. The molecule has 0 aliphatic rings. The average molecular weight is 326 g/mol. The van der Waals surface area contributed by atoms with Gasteiger partial charge in [-0.25, -0.2) is 0 Å². The first-order chi connectivity index (χ1) is 9.57. The maximum absolute atomic E-state index is 5.53. The number of hydrogen-bond donors (Lipinski definition) is 0. The summed E-state index contributed by atoms with van der Waals surface area (Å²) in [7, 11) is 4.51. The van der Waals surface area contributed by atoms with E-state index in [2.05, 4.69) is 51.4 Å². The fraction of sp³-hybridized carbons (Fsp3) is 0.333. The molecule has 0 spiro atoms. The molecule has 2 aromatic carbocycles. The third-order valence-corrected chi connectivity index (χ3v) is 3.62. The predicted octanol–water partition coefficient (Wildman–Crippen LogP) is 1.71. The van der Waals surface area contributed by atoms with Crippen molar-refractivity contribution in [2.45, 2.75) is 19.3 Å². The maximum Gasteiger partial charge on any atom is 0.104 e. The van der Waals surface area contributed by atoms with Crippen molar-refractivity contribution in [3.05, 3.63) is 71.8 Å². The van der Waals surface area contributed by atoms with Crippen LogP contribution in [0.1, 0.15) is 18.1 Å². The Bertz CT molecular complexity index is 469. The van der Waals surface area contributed by atoms with Gasteiger partial charge in [0.1, 0.15) is 6.54 Å². The highest BCUT2D eigenvalue weighted by Gasteiger charge is 2.11. The van der Waals surface area contributed by atoms with Crippen LogP contribution in [-0.4, -0.2) is 25.1 Å². The first kappa shape index (κ1) is 20.0. The van der Waals surface area contributed by atoms with Gasteiger partial charge in [0, 0.05) is 11.4 Å². The van der Waals surface area contributed by atoms with E-state index < -0.39 is 0 Å². The molecule has 0 N–H and O–H groups in total. The van der Waals surface area contributed by atoms with Gasteiger partial charge in [-0.3, -0.25) is 0 Å². The molecule has 2 aromatic rings. The van der Waals surface area contributed by atoms with E-state index in [1.54, 1.807) is 0 Å². The summed E-state index contributed by atoms with van der Waals surface area (Å²) < 4.78 is 1.06. The summed E-state index contributed by atoms with van der Waals surface area (Å²) in [5.41, 5.74) is 2.60. The highest BCUT2D eigenvalue weighted by molar-refractivity contribution is 6.17. The molecule has 0 saturated heterocycles. The Balaban J connectivity index is 0.000000390. The van der Waals surface area contributed by atoms with Gasteiger partial charge in [-0.15, -0.1) is 11.6 Å².